The number of hydrazone groups is 1. The van der Waals surface area contributed by atoms with Gasteiger partial charge in [-0.2, -0.15) is 5.10 Å². The molecule has 0 saturated carbocycles. The number of benzene rings is 3. The minimum absolute atomic E-state index is 0.0287. The van der Waals surface area contributed by atoms with Crippen LogP contribution in [-0.2, 0) is 0 Å². The number of aromatic nitrogens is 2. The van der Waals surface area contributed by atoms with Gasteiger partial charge in [-0.15, -0.1) is 0 Å². The summed E-state index contributed by atoms with van der Waals surface area (Å²) in [5.41, 5.74) is 4.26. The van der Waals surface area contributed by atoms with E-state index in [2.05, 4.69) is 15.5 Å². The number of nitrogens with zero attached hydrogens (tertiary/aromatic N) is 4. The van der Waals surface area contributed by atoms with Crippen molar-refractivity contribution in [3.63, 3.8) is 0 Å². The molecule has 0 aliphatic rings. The number of non-ortho nitro benzene ring substituents is 1. The van der Waals surface area contributed by atoms with E-state index in [1.54, 1.807) is 48.5 Å². The van der Waals surface area contributed by atoms with Gasteiger partial charge in [-0.1, -0.05) is 42.5 Å². The Balaban J connectivity index is 1.76. The molecule has 8 nitrogen and oxygen atoms in total. The third-order valence-corrected chi connectivity index (χ3v) is 4.25. The predicted octanol–water partition coefficient (Wildman–Crippen LogP) is 3.74. The molecule has 1 N–H and O–H groups in total. The zero-order chi connectivity index (χ0) is 20.2. The highest BCUT2D eigenvalue weighted by molar-refractivity contribution is 5.82. The first-order valence-corrected chi connectivity index (χ1v) is 8.74. The van der Waals surface area contributed by atoms with Gasteiger partial charge in [0.25, 0.3) is 11.2 Å². The number of nitrogens with one attached hydrogen (secondary N) is 1. The van der Waals surface area contributed by atoms with Gasteiger partial charge >= 0.3 is 0 Å². The fourth-order valence-electron chi connectivity index (χ4n) is 2.91. The number of hydrogen-bond donors (Lipinski definition) is 1. The summed E-state index contributed by atoms with van der Waals surface area (Å²) in [4.78, 5) is 28.0. The van der Waals surface area contributed by atoms with Gasteiger partial charge in [0.15, 0.2) is 0 Å². The maximum absolute atomic E-state index is 13.1. The zero-order valence-corrected chi connectivity index (χ0v) is 15.1. The third-order valence-electron chi connectivity index (χ3n) is 4.25. The van der Waals surface area contributed by atoms with E-state index in [0.717, 1.165) is 0 Å². The van der Waals surface area contributed by atoms with Gasteiger partial charge in [-0.05, 0) is 24.3 Å². The van der Waals surface area contributed by atoms with E-state index in [9.17, 15) is 14.9 Å². The predicted molar refractivity (Wildman–Crippen MR) is 112 cm³/mol. The van der Waals surface area contributed by atoms with Crippen LogP contribution in [-0.4, -0.2) is 20.7 Å². The SMILES string of the molecule is O=c1c2ccccc2nc(N/N=C/c2cccc([N+](=O)[O-])c2)n1-c1ccccc1. The maximum Gasteiger partial charge on any atom is 0.270 e. The van der Waals surface area contributed by atoms with Gasteiger partial charge in [-0.3, -0.25) is 14.9 Å². The van der Waals surface area contributed by atoms with Crippen LogP contribution in [0.4, 0.5) is 11.6 Å². The Bertz CT molecular complexity index is 1280. The van der Waals surface area contributed by atoms with Crippen LogP contribution in [0.2, 0.25) is 0 Å². The summed E-state index contributed by atoms with van der Waals surface area (Å²) in [7, 11) is 0. The van der Waals surface area contributed by atoms with Crippen molar-refractivity contribution in [3.05, 3.63) is 105 Å². The van der Waals surface area contributed by atoms with Crippen LogP contribution in [0.1, 0.15) is 5.56 Å². The number of para-hydroxylation sites is 2. The molecule has 4 aromatic rings. The number of anilines is 1. The van der Waals surface area contributed by atoms with Crippen LogP contribution in [0.5, 0.6) is 0 Å². The second-order valence-electron chi connectivity index (χ2n) is 6.15. The van der Waals surface area contributed by atoms with Crippen molar-refractivity contribution in [2.24, 2.45) is 5.10 Å². The molecule has 0 spiro atoms. The number of rotatable bonds is 5. The lowest BCUT2D eigenvalue weighted by Gasteiger charge is -2.12. The van der Waals surface area contributed by atoms with E-state index in [1.165, 1.54) is 22.9 Å². The summed E-state index contributed by atoms with van der Waals surface area (Å²) >= 11 is 0. The lowest BCUT2D eigenvalue weighted by atomic mass is 10.2. The van der Waals surface area contributed by atoms with E-state index in [1.807, 2.05) is 18.2 Å². The van der Waals surface area contributed by atoms with Gasteiger partial charge in [0, 0.05) is 17.7 Å². The van der Waals surface area contributed by atoms with Crippen LogP contribution in [0, 0.1) is 10.1 Å². The molecule has 4 rings (SSSR count). The van der Waals surface area contributed by atoms with Crippen LogP contribution < -0.4 is 11.0 Å². The fourth-order valence-corrected chi connectivity index (χ4v) is 2.91. The van der Waals surface area contributed by atoms with Crippen LogP contribution in [0.25, 0.3) is 16.6 Å². The van der Waals surface area contributed by atoms with Crippen molar-refractivity contribution in [2.45, 2.75) is 0 Å². The van der Waals surface area contributed by atoms with Gasteiger partial charge in [0.05, 0.1) is 27.7 Å². The van der Waals surface area contributed by atoms with E-state index < -0.39 is 4.92 Å². The Morgan fingerprint density at radius 3 is 2.55 bits per heavy atom. The Morgan fingerprint density at radius 1 is 1.00 bits per heavy atom. The van der Waals surface area contributed by atoms with Gasteiger partial charge in [0.1, 0.15) is 0 Å². The van der Waals surface area contributed by atoms with Gasteiger partial charge < -0.3 is 0 Å². The fraction of sp³-hybridized carbons (Fsp3) is 0. The number of fused-ring (bicyclic) bond motifs is 1. The molecule has 0 radical (unpaired) electrons. The average molecular weight is 385 g/mol. The normalized spacial score (nSPS) is 11.0. The topological polar surface area (TPSA) is 102 Å². The molecule has 0 aliphatic carbocycles. The third kappa shape index (κ3) is 3.72. The van der Waals surface area contributed by atoms with Crippen molar-refractivity contribution in [2.75, 3.05) is 5.43 Å². The molecule has 1 aromatic heterocycles. The van der Waals surface area contributed by atoms with Crippen molar-refractivity contribution in [1.29, 1.82) is 0 Å². The van der Waals surface area contributed by atoms with Crippen molar-refractivity contribution in [1.82, 2.24) is 9.55 Å². The summed E-state index contributed by atoms with van der Waals surface area (Å²) in [6.07, 6.45) is 1.43. The molecular weight excluding hydrogens is 370 g/mol. The Labute approximate surface area is 164 Å². The summed E-state index contributed by atoms with van der Waals surface area (Å²) in [5.74, 6) is 0.238. The second kappa shape index (κ2) is 7.73. The molecule has 8 heteroatoms. The van der Waals surface area contributed by atoms with E-state index in [-0.39, 0.29) is 17.2 Å². The first-order chi connectivity index (χ1) is 14.1. The van der Waals surface area contributed by atoms with Crippen molar-refractivity contribution in [3.8, 4) is 5.69 Å². The summed E-state index contributed by atoms with van der Waals surface area (Å²) < 4.78 is 1.44. The Hall–Kier alpha value is -4.33. The highest BCUT2D eigenvalue weighted by atomic mass is 16.6. The number of hydrogen-bond acceptors (Lipinski definition) is 6. The van der Waals surface area contributed by atoms with Crippen molar-refractivity contribution >= 4 is 28.8 Å². The minimum atomic E-state index is -0.470. The van der Waals surface area contributed by atoms with Crippen LogP contribution in [0.3, 0.4) is 0 Å². The molecule has 0 saturated heterocycles. The smallest absolute Gasteiger partial charge is 0.268 e. The highest BCUT2D eigenvalue weighted by Gasteiger charge is 2.12. The van der Waals surface area contributed by atoms with Gasteiger partial charge in [0.2, 0.25) is 5.95 Å². The van der Waals surface area contributed by atoms with E-state index >= 15 is 0 Å². The second-order valence-corrected chi connectivity index (χ2v) is 6.15. The molecule has 0 atom stereocenters. The lowest BCUT2D eigenvalue weighted by Crippen LogP contribution is -2.22. The Kier molecular flexibility index (Phi) is 4.81. The first-order valence-electron chi connectivity index (χ1n) is 8.74. The summed E-state index contributed by atoms with van der Waals surface area (Å²) in [5, 5.41) is 15.5. The first kappa shape index (κ1) is 18.1. The molecule has 0 fully saturated rings. The number of nitro benzene ring substituents is 1. The van der Waals surface area contributed by atoms with E-state index in [0.29, 0.717) is 22.2 Å². The largest absolute Gasteiger partial charge is 0.270 e. The lowest BCUT2D eigenvalue weighted by molar-refractivity contribution is -0.384. The monoisotopic (exact) mass is 385 g/mol. The molecule has 29 heavy (non-hydrogen) atoms. The molecule has 142 valence electrons. The van der Waals surface area contributed by atoms with Crippen LogP contribution in [0.15, 0.2) is 88.8 Å². The van der Waals surface area contributed by atoms with Crippen molar-refractivity contribution < 1.29 is 4.92 Å². The average Bonchev–Trinajstić information content (AvgIpc) is 2.75. The molecular formula is C21H15N5O3. The van der Waals surface area contributed by atoms with Gasteiger partial charge in [-0.25, -0.2) is 15.0 Å². The zero-order valence-electron chi connectivity index (χ0n) is 15.1. The molecule has 0 bridgehead atoms. The number of nitro groups is 1. The summed E-state index contributed by atoms with van der Waals surface area (Å²) in [6.45, 7) is 0. The quantitative estimate of drug-likeness (QED) is 0.320. The maximum atomic E-state index is 13.1. The molecule has 0 amide bonds. The highest BCUT2D eigenvalue weighted by Crippen LogP contribution is 2.16. The Morgan fingerprint density at radius 2 is 1.76 bits per heavy atom. The molecule has 3 aromatic carbocycles. The van der Waals surface area contributed by atoms with Crippen LogP contribution >= 0.6 is 0 Å². The molecule has 0 aliphatic heterocycles. The summed E-state index contributed by atoms with van der Waals surface area (Å²) in [6, 6.07) is 22.3. The molecule has 0 unspecified atom stereocenters. The minimum Gasteiger partial charge on any atom is -0.268 e. The standard InChI is InChI=1S/C21H15N5O3/c27-20-18-11-4-5-12-19(18)23-21(25(20)16-8-2-1-3-9-16)24-22-14-15-7-6-10-17(13-15)26(28)29/h1-14H,(H,23,24)/b22-14+. The molecule has 1 heterocycles. The van der Waals surface area contributed by atoms with E-state index in [4.69, 9.17) is 0 Å².